The van der Waals surface area contributed by atoms with Gasteiger partial charge >= 0.3 is 0 Å². The zero-order valence-electron chi connectivity index (χ0n) is 13.7. The van der Waals surface area contributed by atoms with E-state index < -0.39 is 0 Å². The molecule has 0 bridgehead atoms. The van der Waals surface area contributed by atoms with Gasteiger partial charge < -0.3 is 10.1 Å². The summed E-state index contributed by atoms with van der Waals surface area (Å²) >= 11 is 4.92. The standard InChI is InChI=1S/C19H17BrN2O2S/c1-13-6-2-4-8-16(13)22-18(23)10-19-21-14(12-25-19)11-24-17-9-5-3-7-15(17)20/h2-9,12H,10-11H2,1H3,(H,22,23). The number of ether oxygens (including phenoxy) is 1. The van der Waals surface area contributed by atoms with Crippen LogP contribution in [-0.2, 0) is 17.8 Å². The van der Waals surface area contributed by atoms with Gasteiger partial charge in [0.2, 0.25) is 5.91 Å². The molecule has 4 nitrogen and oxygen atoms in total. The van der Waals surface area contributed by atoms with E-state index in [0.29, 0.717) is 6.61 Å². The highest BCUT2D eigenvalue weighted by atomic mass is 79.9. The molecule has 0 spiro atoms. The molecule has 0 saturated heterocycles. The van der Waals surface area contributed by atoms with Crippen molar-refractivity contribution in [2.45, 2.75) is 20.0 Å². The van der Waals surface area contributed by atoms with Crippen LogP contribution in [0.5, 0.6) is 5.75 Å². The highest BCUT2D eigenvalue weighted by Gasteiger charge is 2.10. The summed E-state index contributed by atoms with van der Waals surface area (Å²) in [5, 5.41) is 5.62. The SMILES string of the molecule is Cc1ccccc1NC(=O)Cc1nc(COc2ccccc2Br)cs1. The predicted molar refractivity (Wildman–Crippen MR) is 104 cm³/mol. The number of aryl methyl sites for hydroxylation is 1. The molecule has 25 heavy (non-hydrogen) atoms. The predicted octanol–water partition coefficient (Wildman–Crippen LogP) is 4.97. The fourth-order valence-corrected chi connectivity index (χ4v) is 3.43. The minimum atomic E-state index is -0.0677. The number of nitrogens with zero attached hydrogens (tertiary/aromatic N) is 1. The number of para-hydroxylation sites is 2. The molecule has 6 heteroatoms. The van der Waals surface area contributed by atoms with Gasteiger partial charge in [-0.2, -0.15) is 0 Å². The van der Waals surface area contributed by atoms with Gasteiger partial charge in [0.05, 0.1) is 16.6 Å². The zero-order chi connectivity index (χ0) is 17.6. The molecule has 1 aromatic heterocycles. The molecule has 0 aliphatic carbocycles. The largest absolute Gasteiger partial charge is 0.486 e. The van der Waals surface area contributed by atoms with Gasteiger partial charge in [0.15, 0.2) is 0 Å². The summed E-state index contributed by atoms with van der Waals surface area (Å²) in [4.78, 5) is 16.7. The van der Waals surface area contributed by atoms with Crippen LogP contribution in [0.2, 0.25) is 0 Å². The fraction of sp³-hybridized carbons (Fsp3) is 0.158. The minimum absolute atomic E-state index is 0.0677. The summed E-state index contributed by atoms with van der Waals surface area (Å²) in [7, 11) is 0. The average Bonchev–Trinajstić information content (AvgIpc) is 3.03. The van der Waals surface area contributed by atoms with Crippen molar-refractivity contribution in [3.05, 3.63) is 74.6 Å². The molecule has 0 atom stereocenters. The van der Waals surface area contributed by atoms with E-state index >= 15 is 0 Å². The molecule has 1 heterocycles. The summed E-state index contributed by atoms with van der Waals surface area (Å²) in [6, 6.07) is 15.4. The highest BCUT2D eigenvalue weighted by Crippen LogP contribution is 2.25. The van der Waals surface area contributed by atoms with Gasteiger partial charge in [-0.1, -0.05) is 30.3 Å². The molecule has 0 unspecified atom stereocenters. The number of anilines is 1. The number of thiazole rings is 1. The molecule has 3 aromatic rings. The van der Waals surface area contributed by atoms with Crippen molar-refractivity contribution in [3.8, 4) is 5.75 Å². The van der Waals surface area contributed by atoms with E-state index in [1.807, 2.05) is 60.8 Å². The number of hydrogen-bond acceptors (Lipinski definition) is 4. The lowest BCUT2D eigenvalue weighted by Gasteiger charge is -2.07. The third kappa shape index (κ3) is 4.90. The molecule has 1 amide bonds. The Morgan fingerprint density at radius 1 is 1.20 bits per heavy atom. The smallest absolute Gasteiger partial charge is 0.231 e. The number of halogens is 1. The lowest BCUT2D eigenvalue weighted by atomic mass is 10.2. The Bertz CT molecular complexity index is 879. The summed E-state index contributed by atoms with van der Waals surface area (Å²) in [6.45, 7) is 2.34. The van der Waals surface area contributed by atoms with Crippen molar-refractivity contribution in [2.24, 2.45) is 0 Å². The Labute approximate surface area is 159 Å². The Hall–Kier alpha value is -2.18. The monoisotopic (exact) mass is 416 g/mol. The number of benzene rings is 2. The van der Waals surface area contributed by atoms with Gasteiger partial charge in [-0.25, -0.2) is 4.98 Å². The van der Waals surface area contributed by atoms with Crippen LogP contribution in [0.3, 0.4) is 0 Å². The van der Waals surface area contributed by atoms with E-state index in [-0.39, 0.29) is 12.3 Å². The lowest BCUT2D eigenvalue weighted by molar-refractivity contribution is -0.115. The first-order chi connectivity index (χ1) is 12.1. The van der Waals surface area contributed by atoms with Gasteiger partial charge in [-0.05, 0) is 46.6 Å². The van der Waals surface area contributed by atoms with Crippen LogP contribution in [0.4, 0.5) is 5.69 Å². The van der Waals surface area contributed by atoms with E-state index in [2.05, 4.69) is 26.2 Å². The topological polar surface area (TPSA) is 51.2 Å². The maximum Gasteiger partial charge on any atom is 0.231 e. The van der Waals surface area contributed by atoms with Gasteiger partial charge in [0.25, 0.3) is 0 Å². The number of aromatic nitrogens is 1. The van der Waals surface area contributed by atoms with Crippen LogP contribution in [0.25, 0.3) is 0 Å². The fourth-order valence-electron chi connectivity index (χ4n) is 2.25. The quantitative estimate of drug-likeness (QED) is 0.616. The highest BCUT2D eigenvalue weighted by molar-refractivity contribution is 9.10. The van der Waals surface area contributed by atoms with E-state index in [4.69, 9.17) is 4.74 Å². The number of carbonyl (C=O) groups excluding carboxylic acids is 1. The summed E-state index contributed by atoms with van der Waals surface area (Å²) in [5.41, 5.74) is 2.69. The molecule has 0 aliphatic heterocycles. The normalized spacial score (nSPS) is 10.5. The molecule has 0 fully saturated rings. The Morgan fingerprint density at radius 2 is 1.96 bits per heavy atom. The summed E-state index contributed by atoms with van der Waals surface area (Å²) in [6.07, 6.45) is 0.258. The molecular weight excluding hydrogens is 400 g/mol. The van der Waals surface area contributed by atoms with Gasteiger partial charge in [0.1, 0.15) is 17.4 Å². The van der Waals surface area contributed by atoms with Gasteiger partial charge in [-0.3, -0.25) is 4.79 Å². The summed E-state index contributed by atoms with van der Waals surface area (Å²) in [5.74, 6) is 0.705. The second kappa shape index (κ2) is 8.27. The molecule has 0 aliphatic rings. The van der Waals surface area contributed by atoms with Crippen molar-refractivity contribution in [2.75, 3.05) is 5.32 Å². The Balaban J connectivity index is 1.55. The van der Waals surface area contributed by atoms with E-state index in [1.54, 1.807) is 0 Å². The van der Waals surface area contributed by atoms with Crippen molar-refractivity contribution < 1.29 is 9.53 Å². The van der Waals surface area contributed by atoms with E-state index in [1.165, 1.54) is 11.3 Å². The van der Waals surface area contributed by atoms with Gasteiger partial charge in [0, 0.05) is 11.1 Å². The molecule has 3 rings (SSSR count). The van der Waals surface area contributed by atoms with Crippen molar-refractivity contribution in [1.29, 1.82) is 0 Å². The summed E-state index contributed by atoms with van der Waals surface area (Å²) < 4.78 is 6.65. The minimum Gasteiger partial charge on any atom is -0.486 e. The first-order valence-electron chi connectivity index (χ1n) is 7.78. The van der Waals surface area contributed by atoms with Crippen LogP contribution in [-0.4, -0.2) is 10.9 Å². The maximum absolute atomic E-state index is 12.2. The second-order valence-corrected chi connectivity index (χ2v) is 7.29. The first-order valence-corrected chi connectivity index (χ1v) is 9.45. The lowest BCUT2D eigenvalue weighted by Crippen LogP contribution is -2.15. The van der Waals surface area contributed by atoms with Crippen LogP contribution >= 0.6 is 27.3 Å². The van der Waals surface area contributed by atoms with Crippen LogP contribution in [0.15, 0.2) is 58.4 Å². The third-order valence-corrected chi connectivity index (χ3v) is 5.10. The van der Waals surface area contributed by atoms with Gasteiger partial charge in [-0.15, -0.1) is 11.3 Å². The second-order valence-electron chi connectivity index (χ2n) is 5.49. The third-order valence-electron chi connectivity index (χ3n) is 3.54. The maximum atomic E-state index is 12.2. The van der Waals surface area contributed by atoms with Crippen LogP contribution in [0, 0.1) is 6.92 Å². The van der Waals surface area contributed by atoms with Crippen LogP contribution in [0.1, 0.15) is 16.3 Å². The number of rotatable bonds is 6. The molecule has 128 valence electrons. The van der Waals surface area contributed by atoms with Crippen molar-refractivity contribution in [1.82, 2.24) is 4.98 Å². The molecular formula is C19H17BrN2O2S. The number of hydrogen-bond donors (Lipinski definition) is 1. The Kier molecular flexibility index (Phi) is 5.83. The van der Waals surface area contributed by atoms with Crippen molar-refractivity contribution in [3.63, 3.8) is 0 Å². The number of nitrogens with one attached hydrogen (secondary N) is 1. The molecule has 1 N–H and O–H groups in total. The number of carbonyl (C=O) groups is 1. The number of amides is 1. The van der Waals surface area contributed by atoms with E-state index in [9.17, 15) is 4.79 Å². The van der Waals surface area contributed by atoms with Crippen molar-refractivity contribution >= 4 is 38.9 Å². The zero-order valence-corrected chi connectivity index (χ0v) is 16.1. The van der Waals surface area contributed by atoms with Crippen LogP contribution < -0.4 is 10.1 Å². The first kappa shape index (κ1) is 17.6. The van der Waals surface area contributed by atoms with E-state index in [0.717, 1.165) is 32.2 Å². The average molecular weight is 417 g/mol. The molecule has 0 radical (unpaired) electrons. The molecule has 2 aromatic carbocycles. The molecule has 0 saturated carbocycles. The Morgan fingerprint density at radius 3 is 2.76 bits per heavy atom.